The van der Waals surface area contributed by atoms with Crippen LogP contribution in [0, 0.1) is 13.8 Å². The third kappa shape index (κ3) is 1.77. The highest BCUT2D eigenvalue weighted by atomic mass is 32.1. The maximum Gasteiger partial charge on any atom is 0.341 e. The number of esters is 1. The normalized spacial score (nSPS) is 9.64. The molecule has 76 valence electrons. The molecule has 0 aliphatic rings. The summed E-state index contributed by atoms with van der Waals surface area (Å²) in [6.45, 7) is 3.72. The molecule has 0 bridgehead atoms. The van der Waals surface area contributed by atoms with E-state index in [0.29, 0.717) is 17.0 Å². The number of anilines is 1. The summed E-state index contributed by atoms with van der Waals surface area (Å²) in [6, 6.07) is 0. The number of nitrogens with one attached hydrogen (secondary N) is 1. The van der Waals surface area contributed by atoms with Gasteiger partial charge in [0.1, 0.15) is 5.00 Å². The molecule has 1 amide bonds. The molecular formula is C9H11NO3S. The van der Waals surface area contributed by atoms with Crippen LogP contribution in [-0.2, 0) is 9.53 Å². The highest BCUT2D eigenvalue weighted by Crippen LogP contribution is 2.32. The number of aryl methyl sites for hydroxylation is 1. The topological polar surface area (TPSA) is 55.4 Å². The van der Waals surface area contributed by atoms with Crippen molar-refractivity contribution < 1.29 is 14.3 Å². The summed E-state index contributed by atoms with van der Waals surface area (Å²) >= 11 is 1.37. The van der Waals surface area contributed by atoms with Crippen LogP contribution < -0.4 is 5.32 Å². The SMILES string of the molecule is COC(=O)c1c(NC=O)sc(C)c1C. The summed E-state index contributed by atoms with van der Waals surface area (Å²) in [5.41, 5.74) is 1.30. The highest BCUT2D eigenvalue weighted by molar-refractivity contribution is 7.16. The lowest BCUT2D eigenvalue weighted by Crippen LogP contribution is -2.05. The Morgan fingerprint density at radius 2 is 2.14 bits per heavy atom. The number of thiophene rings is 1. The molecule has 0 fully saturated rings. The van der Waals surface area contributed by atoms with E-state index in [9.17, 15) is 9.59 Å². The zero-order chi connectivity index (χ0) is 10.7. The van der Waals surface area contributed by atoms with E-state index in [1.54, 1.807) is 0 Å². The maximum atomic E-state index is 11.4. The van der Waals surface area contributed by atoms with Gasteiger partial charge in [0.2, 0.25) is 6.41 Å². The van der Waals surface area contributed by atoms with E-state index in [-0.39, 0.29) is 0 Å². The van der Waals surface area contributed by atoms with Gasteiger partial charge in [-0.15, -0.1) is 11.3 Å². The molecule has 1 rings (SSSR count). The third-order valence-electron chi connectivity index (χ3n) is 1.96. The van der Waals surface area contributed by atoms with Crippen molar-refractivity contribution in [2.75, 3.05) is 12.4 Å². The Bertz CT molecular complexity index is 370. The van der Waals surface area contributed by atoms with E-state index in [1.165, 1.54) is 18.4 Å². The van der Waals surface area contributed by atoms with Crippen molar-refractivity contribution in [2.45, 2.75) is 13.8 Å². The molecule has 14 heavy (non-hydrogen) atoms. The van der Waals surface area contributed by atoms with Crippen LogP contribution in [0.4, 0.5) is 5.00 Å². The standard InChI is InChI=1S/C9H11NO3S/c1-5-6(2)14-8(10-4-11)7(5)9(12)13-3/h4H,1-3H3,(H,10,11). The molecule has 4 nitrogen and oxygen atoms in total. The number of carbonyl (C=O) groups excluding carboxylic acids is 2. The Hall–Kier alpha value is -1.36. The van der Waals surface area contributed by atoms with Crippen molar-refractivity contribution in [1.82, 2.24) is 0 Å². The Labute approximate surface area is 85.9 Å². The maximum absolute atomic E-state index is 11.4. The molecule has 0 saturated carbocycles. The molecule has 1 heterocycles. The van der Waals surface area contributed by atoms with Crippen molar-refractivity contribution in [2.24, 2.45) is 0 Å². The molecule has 1 aromatic rings. The summed E-state index contributed by atoms with van der Waals surface area (Å²) in [4.78, 5) is 22.7. The number of hydrogen-bond acceptors (Lipinski definition) is 4. The molecule has 1 aromatic heterocycles. The molecule has 0 radical (unpaired) electrons. The average Bonchev–Trinajstić information content (AvgIpc) is 2.43. The third-order valence-corrected chi connectivity index (χ3v) is 3.10. The minimum absolute atomic E-state index is 0.420. The average molecular weight is 213 g/mol. The summed E-state index contributed by atoms with van der Waals surface area (Å²) < 4.78 is 4.63. The molecular weight excluding hydrogens is 202 g/mol. The van der Waals surface area contributed by atoms with E-state index in [4.69, 9.17) is 0 Å². The quantitative estimate of drug-likeness (QED) is 0.614. The largest absolute Gasteiger partial charge is 0.465 e. The lowest BCUT2D eigenvalue weighted by Gasteiger charge is -2.01. The van der Waals surface area contributed by atoms with Crippen LogP contribution in [0.15, 0.2) is 0 Å². The van der Waals surface area contributed by atoms with E-state index in [2.05, 4.69) is 10.1 Å². The minimum atomic E-state index is -0.420. The van der Waals surface area contributed by atoms with Crippen molar-refractivity contribution in [1.29, 1.82) is 0 Å². The fourth-order valence-corrected chi connectivity index (χ4v) is 2.14. The number of rotatable bonds is 3. The predicted octanol–water partition coefficient (Wildman–Crippen LogP) is 1.72. The van der Waals surface area contributed by atoms with E-state index in [0.717, 1.165) is 10.4 Å². The fourth-order valence-electron chi connectivity index (χ4n) is 1.13. The summed E-state index contributed by atoms with van der Waals surface area (Å²) in [6.07, 6.45) is 0.553. The molecule has 0 saturated heterocycles. The second-order valence-electron chi connectivity index (χ2n) is 2.74. The van der Waals surface area contributed by atoms with Gasteiger partial charge >= 0.3 is 5.97 Å². The summed E-state index contributed by atoms with van der Waals surface area (Å²) in [7, 11) is 1.32. The second kappa shape index (κ2) is 4.23. The van der Waals surface area contributed by atoms with Crippen molar-refractivity contribution >= 4 is 28.7 Å². The van der Waals surface area contributed by atoms with E-state index >= 15 is 0 Å². The number of ether oxygens (including phenoxy) is 1. The van der Waals surface area contributed by atoms with Gasteiger partial charge in [0.15, 0.2) is 0 Å². The fraction of sp³-hybridized carbons (Fsp3) is 0.333. The molecule has 5 heteroatoms. The molecule has 0 aromatic carbocycles. The zero-order valence-electron chi connectivity index (χ0n) is 8.21. The van der Waals surface area contributed by atoms with Gasteiger partial charge in [-0.1, -0.05) is 0 Å². The minimum Gasteiger partial charge on any atom is -0.465 e. The first-order chi connectivity index (χ1) is 6.61. The van der Waals surface area contributed by atoms with Gasteiger partial charge in [-0.25, -0.2) is 4.79 Å². The Morgan fingerprint density at radius 3 is 2.64 bits per heavy atom. The first-order valence-electron chi connectivity index (χ1n) is 4.00. The first-order valence-corrected chi connectivity index (χ1v) is 4.82. The lowest BCUT2D eigenvalue weighted by molar-refractivity contribution is -0.105. The monoisotopic (exact) mass is 213 g/mol. The summed E-state index contributed by atoms with van der Waals surface area (Å²) in [5.74, 6) is -0.420. The Morgan fingerprint density at radius 1 is 1.50 bits per heavy atom. The number of amides is 1. The Kier molecular flexibility index (Phi) is 3.24. The van der Waals surface area contributed by atoms with Gasteiger partial charge in [0.25, 0.3) is 0 Å². The van der Waals surface area contributed by atoms with Crippen LogP contribution in [0.5, 0.6) is 0 Å². The molecule has 0 spiro atoms. The number of carbonyl (C=O) groups is 2. The van der Waals surface area contributed by atoms with Crippen LogP contribution in [0.3, 0.4) is 0 Å². The van der Waals surface area contributed by atoms with Gasteiger partial charge in [0.05, 0.1) is 12.7 Å². The van der Waals surface area contributed by atoms with Crippen molar-refractivity contribution in [3.05, 3.63) is 16.0 Å². The molecule has 0 aliphatic carbocycles. The van der Waals surface area contributed by atoms with Gasteiger partial charge in [-0.3, -0.25) is 4.79 Å². The van der Waals surface area contributed by atoms with Crippen LogP contribution in [0.25, 0.3) is 0 Å². The number of methoxy groups -OCH3 is 1. The van der Waals surface area contributed by atoms with Crippen LogP contribution in [0.2, 0.25) is 0 Å². The number of hydrogen-bond donors (Lipinski definition) is 1. The van der Waals surface area contributed by atoms with Gasteiger partial charge in [0, 0.05) is 4.88 Å². The van der Waals surface area contributed by atoms with Crippen LogP contribution in [-0.4, -0.2) is 19.5 Å². The highest BCUT2D eigenvalue weighted by Gasteiger charge is 2.19. The smallest absolute Gasteiger partial charge is 0.341 e. The van der Waals surface area contributed by atoms with Gasteiger partial charge in [-0.05, 0) is 19.4 Å². The van der Waals surface area contributed by atoms with E-state index in [1.807, 2.05) is 13.8 Å². The molecule has 1 N–H and O–H groups in total. The molecule has 0 unspecified atom stereocenters. The van der Waals surface area contributed by atoms with Crippen molar-refractivity contribution in [3.8, 4) is 0 Å². The van der Waals surface area contributed by atoms with Crippen LogP contribution in [0.1, 0.15) is 20.8 Å². The second-order valence-corrected chi connectivity index (χ2v) is 3.97. The predicted molar refractivity (Wildman–Crippen MR) is 54.8 cm³/mol. The van der Waals surface area contributed by atoms with E-state index < -0.39 is 5.97 Å². The zero-order valence-corrected chi connectivity index (χ0v) is 9.03. The Balaban J connectivity index is 3.22. The first kappa shape index (κ1) is 10.7. The lowest BCUT2D eigenvalue weighted by atomic mass is 10.1. The van der Waals surface area contributed by atoms with Gasteiger partial charge in [-0.2, -0.15) is 0 Å². The summed E-state index contributed by atoms with van der Waals surface area (Å²) in [5, 5.41) is 3.03. The molecule has 0 atom stereocenters. The van der Waals surface area contributed by atoms with Crippen molar-refractivity contribution in [3.63, 3.8) is 0 Å². The molecule has 0 aliphatic heterocycles. The van der Waals surface area contributed by atoms with Crippen LogP contribution >= 0.6 is 11.3 Å². The van der Waals surface area contributed by atoms with Gasteiger partial charge < -0.3 is 10.1 Å².